The highest BCUT2D eigenvalue weighted by Crippen LogP contribution is 2.22. The number of carbonyl (C=O) groups is 2. The van der Waals surface area contributed by atoms with Gasteiger partial charge in [0.2, 0.25) is 5.91 Å². The van der Waals surface area contributed by atoms with Crippen molar-refractivity contribution in [3.8, 4) is 0 Å². The fourth-order valence-corrected chi connectivity index (χ4v) is 4.26. The number of carbonyl (C=O) groups excluding carboxylic acids is 2. The van der Waals surface area contributed by atoms with Crippen molar-refractivity contribution in [1.82, 2.24) is 10.3 Å². The topological polar surface area (TPSA) is 71.1 Å². The summed E-state index contributed by atoms with van der Waals surface area (Å²) in [5, 5.41) is 7.82. The number of amides is 2. The molecule has 3 aromatic rings. The minimum Gasteiger partial charge on any atom is -0.349 e. The van der Waals surface area contributed by atoms with Gasteiger partial charge in [-0.25, -0.2) is 4.98 Å². The summed E-state index contributed by atoms with van der Waals surface area (Å²) in [5.74, 6) is -0.0630. The molecule has 1 aromatic heterocycles. The predicted molar refractivity (Wildman–Crippen MR) is 117 cm³/mol. The normalized spacial score (nSPS) is 14.1. The van der Waals surface area contributed by atoms with Gasteiger partial charge in [0.15, 0.2) is 0 Å². The number of nitrogens with one attached hydrogen (secondary N) is 2. The number of rotatable bonds is 6. The third kappa shape index (κ3) is 4.95. The molecule has 148 valence electrons. The van der Waals surface area contributed by atoms with E-state index >= 15 is 0 Å². The fourth-order valence-electron chi connectivity index (χ4n) is 3.58. The molecule has 0 bridgehead atoms. The number of anilines is 1. The lowest BCUT2D eigenvalue weighted by atomic mass is 10.1. The average Bonchev–Trinajstić information content (AvgIpc) is 3.25. The lowest BCUT2D eigenvalue weighted by molar-refractivity contribution is -0.113. The third-order valence-corrected chi connectivity index (χ3v) is 5.99. The molecule has 1 saturated carbocycles. The molecule has 5 nitrogen and oxygen atoms in total. The third-order valence-electron chi connectivity index (χ3n) is 5.06. The molecule has 0 radical (unpaired) electrons. The van der Waals surface area contributed by atoms with E-state index in [1.807, 2.05) is 48.5 Å². The molecule has 1 aliphatic carbocycles. The maximum atomic E-state index is 12.6. The van der Waals surface area contributed by atoms with E-state index in [2.05, 4.69) is 15.6 Å². The molecule has 0 spiro atoms. The number of benzene rings is 2. The van der Waals surface area contributed by atoms with Crippen molar-refractivity contribution in [2.75, 3.05) is 11.1 Å². The summed E-state index contributed by atoms with van der Waals surface area (Å²) >= 11 is 1.38. The van der Waals surface area contributed by atoms with Gasteiger partial charge in [-0.1, -0.05) is 61.0 Å². The van der Waals surface area contributed by atoms with Crippen LogP contribution in [-0.4, -0.2) is 28.6 Å². The van der Waals surface area contributed by atoms with E-state index in [1.165, 1.54) is 11.8 Å². The number of thioether (sulfide) groups is 1. The average molecular weight is 406 g/mol. The van der Waals surface area contributed by atoms with Gasteiger partial charge in [0.25, 0.3) is 5.91 Å². The van der Waals surface area contributed by atoms with Gasteiger partial charge in [0.1, 0.15) is 0 Å². The Bertz CT molecular complexity index is 1030. The molecule has 1 heterocycles. The van der Waals surface area contributed by atoms with E-state index in [1.54, 1.807) is 12.1 Å². The van der Waals surface area contributed by atoms with Crippen molar-refractivity contribution >= 4 is 40.2 Å². The maximum Gasteiger partial charge on any atom is 0.253 e. The molecule has 0 atom stereocenters. The Morgan fingerprint density at radius 1 is 0.966 bits per heavy atom. The van der Waals surface area contributed by atoms with E-state index in [9.17, 15) is 9.59 Å². The lowest BCUT2D eigenvalue weighted by Gasteiger charge is -2.15. The highest BCUT2D eigenvalue weighted by Gasteiger charge is 2.20. The van der Waals surface area contributed by atoms with Crippen molar-refractivity contribution in [3.63, 3.8) is 0 Å². The molecule has 1 fully saturated rings. The van der Waals surface area contributed by atoms with Crippen LogP contribution in [0, 0.1) is 0 Å². The monoisotopic (exact) mass is 405 g/mol. The van der Waals surface area contributed by atoms with Crippen LogP contribution < -0.4 is 10.6 Å². The first-order chi connectivity index (χ1) is 14.2. The van der Waals surface area contributed by atoms with Crippen molar-refractivity contribution in [2.45, 2.75) is 36.8 Å². The van der Waals surface area contributed by atoms with Crippen LogP contribution in [0.5, 0.6) is 0 Å². The number of para-hydroxylation sites is 2. The van der Waals surface area contributed by atoms with Crippen LogP contribution in [0.15, 0.2) is 65.7 Å². The van der Waals surface area contributed by atoms with E-state index in [4.69, 9.17) is 0 Å². The van der Waals surface area contributed by atoms with Gasteiger partial charge in [0.05, 0.1) is 27.5 Å². The van der Waals surface area contributed by atoms with Crippen LogP contribution in [0.1, 0.15) is 36.0 Å². The van der Waals surface area contributed by atoms with Crippen molar-refractivity contribution in [1.29, 1.82) is 0 Å². The Balaban J connectivity index is 1.38. The Kier molecular flexibility index (Phi) is 6.10. The minimum absolute atomic E-state index is 0.128. The van der Waals surface area contributed by atoms with Crippen LogP contribution in [0.4, 0.5) is 5.69 Å². The molecular weight excluding hydrogens is 382 g/mol. The van der Waals surface area contributed by atoms with Crippen LogP contribution in [0.3, 0.4) is 0 Å². The van der Waals surface area contributed by atoms with Crippen LogP contribution in [0.2, 0.25) is 0 Å². The molecular formula is C23H23N3O2S. The maximum absolute atomic E-state index is 12.6. The van der Waals surface area contributed by atoms with Gasteiger partial charge >= 0.3 is 0 Å². The molecule has 0 saturated heterocycles. The molecule has 0 aliphatic heterocycles. The second-order valence-corrected chi connectivity index (χ2v) is 8.18. The SMILES string of the molecule is O=C(CSc1ccc2ccccc2n1)Nc1ccccc1C(=O)NC1CCCC1. The number of aromatic nitrogens is 1. The molecule has 2 amide bonds. The first kappa shape index (κ1) is 19.5. The van der Waals surface area contributed by atoms with Crippen LogP contribution in [-0.2, 0) is 4.79 Å². The molecule has 0 unspecified atom stereocenters. The Morgan fingerprint density at radius 3 is 2.59 bits per heavy atom. The Morgan fingerprint density at radius 2 is 1.72 bits per heavy atom. The summed E-state index contributed by atoms with van der Waals surface area (Å²) in [6.07, 6.45) is 4.36. The highest BCUT2D eigenvalue weighted by molar-refractivity contribution is 7.99. The quantitative estimate of drug-likeness (QED) is 0.586. The van der Waals surface area contributed by atoms with Crippen molar-refractivity contribution in [2.24, 2.45) is 0 Å². The predicted octanol–water partition coefficient (Wildman–Crippen LogP) is 4.64. The number of nitrogens with zero attached hydrogens (tertiary/aromatic N) is 1. The number of pyridine rings is 1. The van der Waals surface area contributed by atoms with E-state index in [0.717, 1.165) is 41.6 Å². The first-order valence-electron chi connectivity index (χ1n) is 9.87. The zero-order valence-electron chi connectivity index (χ0n) is 16.1. The van der Waals surface area contributed by atoms with Gasteiger partial charge in [-0.15, -0.1) is 0 Å². The molecule has 1 aliphatic rings. The number of hydrogen-bond acceptors (Lipinski definition) is 4. The second kappa shape index (κ2) is 9.09. The van der Waals surface area contributed by atoms with E-state index in [0.29, 0.717) is 11.3 Å². The van der Waals surface area contributed by atoms with Crippen molar-refractivity contribution < 1.29 is 9.59 Å². The minimum atomic E-state index is -0.161. The second-order valence-electron chi connectivity index (χ2n) is 7.18. The van der Waals surface area contributed by atoms with E-state index in [-0.39, 0.29) is 23.6 Å². The lowest BCUT2D eigenvalue weighted by Crippen LogP contribution is -2.33. The summed E-state index contributed by atoms with van der Waals surface area (Å²) in [4.78, 5) is 29.7. The molecule has 6 heteroatoms. The summed E-state index contributed by atoms with van der Waals surface area (Å²) in [5.41, 5.74) is 1.95. The van der Waals surface area contributed by atoms with Gasteiger partial charge in [-0.3, -0.25) is 9.59 Å². The first-order valence-corrected chi connectivity index (χ1v) is 10.9. The Labute approximate surface area is 174 Å². The summed E-state index contributed by atoms with van der Waals surface area (Å²) in [6, 6.07) is 19.2. The molecule has 2 N–H and O–H groups in total. The van der Waals surface area contributed by atoms with Gasteiger partial charge < -0.3 is 10.6 Å². The zero-order chi connectivity index (χ0) is 20.1. The summed E-state index contributed by atoms with van der Waals surface area (Å²) < 4.78 is 0. The molecule has 2 aromatic carbocycles. The zero-order valence-corrected chi connectivity index (χ0v) is 16.9. The van der Waals surface area contributed by atoms with Crippen molar-refractivity contribution in [3.05, 3.63) is 66.2 Å². The van der Waals surface area contributed by atoms with Gasteiger partial charge in [-0.05, 0) is 37.1 Å². The largest absolute Gasteiger partial charge is 0.349 e. The standard InChI is InChI=1S/C23H23N3O2S/c27-21(15-29-22-14-13-16-7-1-5-11-19(16)26-22)25-20-12-6-4-10-18(20)23(28)24-17-8-2-3-9-17/h1,4-7,10-14,17H,2-3,8-9,15H2,(H,24,28)(H,25,27). The summed E-state index contributed by atoms with van der Waals surface area (Å²) in [7, 11) is 0. The van der Waals surface area contributed by atoms with Gasteiger partial charge in [0, 0.05) is 11.4 Å². The summed E-state index contributed by atoms with van der Waals surface area (Å²) in [6.45, 7) is 0. The van der Waals surface area contributed by atoms with Crippen LogP contribution in [0.25, 0.3) is 10.9 Å². The number of hydrogen-bond donors (Lipinski definition) is 2. The van der Waals surface area contributed by atoms with Gasteiger partial charge in [-0.2, -0.15) is 0 Å². The Hall–Kier alpha value is -2.86. The van der Waals surface area contributed by atoms with E-state index < -0.39 is 0 Å². The molecule has 29 heavy (non-hydrogen) atoms. The molecule has 4 rings (SSSR count). The van der Waals surface area contributed by atoms with Crippen LogP contribution >= 0.6 is 11.8 Å². The number of fused-ring (bicyclic) bond motifs is 1. The fraction of sp³-hybridized carbons (Fsp3) is 0.261. The highest BCUT2D eigenvalue weighted by atomic mass is 32.2. The smallest absolute Gasteiger partial charge is 0.253 e.